The molecule has 0 aliphatic carbocycles. The normalized spacial score (nSPS) is 10.8. The minimum absolute atomic E-state index is 0.0186. The molecule has 0 spiro atoms. The van der Waals surface area contributed by atoms with E-state index < -0.39 is 11.7 Å². The van der Waals surface area contributed by atoms with Gasteiger partial charge < -0.3 is 16.0 Å². The van der Waals surface area contributed by atoms with E-state index in [0.29, 0.717) is 17.8 Å². The molecule has 0 heterocycles. The average Bonchev–Trinajstić information content (AvgIpc) is 2.32. The fourth-order valence-electron chi connectivity index (χ4n) is 1.81. The molecular formula is C14H22FN3O. The van der Waals surface area contributed by atoms with Crippen molar-refractivity contribution >= 4 is 11.6 Å². The Morgan fingerprint density at radius 3 is 2.68 bits per heavy atom. The minimum Gasteiger partial charge on any atom is -0.399 e. The summed E-state index contributed by atoms with van der Waals surface area (Å²) in [4.78, 5) is 13.9. The van der Waals surface area contributed by atoms with Gasteiger partial charge in [-0.1, -0.05) is 0 Å². The molecule has 0 atom stereocenters. The van der Waals surface area contributed by atoms with Crippen molar-refractivity contribution in [1.82, 2.24) is 10.2 Å². The Hall–Kier alpha value is -1.62. The third-order valence-corrected chi connectivity index (χ3v) is 2.84. The van der Waals surface area contributed by atoms with Gasteiger partial charge in [0.25, 0.3) is 5.91 Å². The predicted octanol–water partition coefficient (Wildman–Crippen LogP) is 1.79. The second kappa shape index (κ2) is 7.09. The van der Waals surface area contributed by atoms with Crippen LogP contribution < -0.4 is 11.1 Å². The first-order chi connectivity index (χ1) is 8.91. The number of nitrogens with zero attached hydrogens (tertiary/aromatic N) is 1. The Bertz CT molecular complexity index is 447. The highest BCUT2D eigenvalue weighted by Crippen LogP contribution is 2.16. The summed E-state index contributed by atoms with van der Waals surface area (Å²) in [7, 11) is 4.01. The van der Waals surface area contributed by atoms with Crippen molar-refractivity contribution in [3.8, 4) is 0 Å². The molecule has 4 nitrogen and oxygen atoms in total. The van der Waals surface area contributed by atoms with Gasteiger partial charge in [0.1, 0.15) is 5.82 Å². The Morgan fingerprint density at radius 2 is 2.05 bits per heavy atom. The number of hydrogen-bond donors (Lipinski definition) is 2. The highest BCUT2D eigenvalue weighted by atomic mass is 19.1. The van der Waals surface area contributed by atoms with Crippen LogP contribution >= 0.6 is 0 Å². The Labute approximate surface area is 113 Å². The van der Waals surface area contributed by atoms with E-state index in [-0.39, 0.29) is 5.56 Å². The van der Waals surface area contributed by atoms with Gasteiger partial charge in [0.2, 0.25) is 0 Å². The number of hydrogen-bond acceptors (Lipinski definition) is 3. The van der Waals surface area contributed by atoms with Crippen molar-refractivity contribution in [3.05, 3.63) is 29.1 Å². The summed E-state index contributed by atoms with van der Waals surface area (Å²) in [5.74, 6) is -0.905. The molecule has 0 unspecified atom stereocenters. The van der Waals surface area contributed by atoms with Gasteiger partial charge in [-0.2, -0.15) is 0 Å². The maximum atomic E-state index is 13.8. The summed E-state index contributed by atoms with van der Waals surface area (Å²) >= 11 is 0. The summed E-state index contributed by atoms with van der Waals surface area (Å²) < 4.78 is 13.8. The van der Waals surface area contributed by atoms with E-state index in [4.69, 9.17) is 5.73 Å². The third-order valence-electron chi connectivity index (χ3n) is 2.84. The van der Waals surface area contributed by atoms with Crippen LogP contribution in [0.15, 0.2) is 12.1 Å². The monoisotopic (exact) mass is 267 g/mol. The highest BCUT2D eigenvalue weighted by molar-refractivity contribution is 5.95. The van der Waals surface area contributed by atoms with E-state index in [2.05, 4.69) is 10.2 Å². The topological polar surface area (TPSA) is 58.4 Å². The number of benzene rings is 1. The van der Waals surface area contributed by atoms with E-state index in [0.717, 1.165) is 19.4 Å². The first-order valence-electron chi connectivity index (χ1n) is 6.40. The molecule has 1 aromatic carbocycles. The van der Waals surface area contributed by atoms with Gasteiger partial charge in [0, 0.05) is 12.2 Å². The molecule has 0 saturated heterocycles. The third kappa shape index (κ3) is 4.87. The number of amides is 1. The van der Waals surface area contributed by atoms with Crippen LogP contribution in [0.3, 0.4) is 0 Å². The molecular weight excluding hydrogens is 245 g/mol. The first-order valence-corrected chi connectivity index (χ1v) is 6.40. The predicted molar refractivity (Wildman–Crippen MR) is 75.7 cm³/mol. The molecule has 0 bridgehead atoms. The van der Waals surface area contributed by atoms with E-state index in [9.17, 15) is 9.18 Å². The molecule has 0 radical (unpaired) electrons. The second-order valence-corrected chi connectivity index (χ2v) is 4.97. The van der Waals surface area contributed by atoms with Gasteiger partial charge >= 0.3 is 0 Å². The molecule has 1 aromatic rings. The van der Waals surface area contributed by atoms with Crippen LogP contribution in [-0.4, -0.2) is 38.0 Å². The van der Waals surface area contributed by atoms with Crippen LogP contribution in [0.25, 0.3) is 0 Å². The lowest BCUT2D eigenvalue weighted by molar-refractivity contribution is 0.0948. The maximum Gasteiger partial charge on any atom is 0.254 e. The Balaban J connectivity index is 2.50. The average molecular weight is 267 g/mol. The van der Waals surface area contributed by atoms with Crippen LogP contribution in [0.5, 0.6) is 0 Å². The van der Waals surface area contributed by atoms with Gasteiger partial charge in [0.15, 0.2) is 0 Å². The number of nitrogens with one attached hydrogen (secondary N) is 1. The molecule has 1 rings (SSSR count). The molecule has 19 heavy (non-hydrogen) atoms. The van der Waals surface area contributed by atoms with Crippen molar-refractivity contribution in [1.29, 1.82) is 0 Å². The fraction of sp³-hybridized carbons (Fsp3) is 0.500. The van der Waals surface area contributed by atoms with E-state index >= 15 is 0 Å². The molecule has 1 amide bonds. The summed E-state index contributed by atoms with van der Waals surface area (Å²) in [6.45, 7) is 3.11. The number of nitrogen functional groups attached to an aromatic ring is 1. The van der Waals surface area contributed by atoms with Gasteiger partial charge in [-0.3, -0.25) is 4.79 Å². The van der Waals surface area contributed by atoms with Crippen LogP contribution in [-0.2, 0) is 0 Å². The smallest absolute Gasteiger partial charge is 0.254 e. The molecule has 0 aliphatic heterocycles. The van der Waals surface area contributed by atoms with Gasteiger partial charge in [0.05, 0.1) is 5.56 Å². The van der Waals surface area contributed by atoms with Crippen molar-refractivity contribution < 1.29 is 9.18 Å². The zero-order chi connectivity index (χ0) is 14.4. The van der Waals surface area contributed by atoms with Crippen LogP contribution in [0.2, 0.25) is 0 Å². The van der Waals surface area contributed by atoms with Gasteiger partial charge in [-0.25, -0.2) is 4.39 Å². The van der Waals surface area contributed by atoms with Crippen molar-refractivity contribution in [2.45, 2.75) is 19.8 Å². The van der Waals surface area contributed by atoms with Gasteiger partial charge in [-0.15, -0.1) is 0 Å². The number of aryl methyl sites for hydroxylation is 1. The summed E-state index contributed by atoms with van der Waals surface area (Å²) in [5, 5.41) is 2.71. The Kier molecular flexibility index (Phi) is 5.76. The minimum atomic E-state index is -0.500. The summed E-state index contributed by atoms with van der Waals surface area (Å²) in [6.07, 6.45) is 1.86. The zero-order valence-electron chi connectivity index (χ0n) is 11.8. The number of nitrogens with two attached hydrogens (primary N) is 1. The number of rotatable bonds is 6. The van der Waals surface area contributed by atoms with E-state index in [1.807, 2.05) is 14.1 Å². The van der Waals surface area contributed by atoms with Crippen LogP contribution in [0.1, 0.15) is 28.8 Å². The van der Waals surface area contributed by atoms with Crippen molar-refractivity contribution in [3.63, 3.8) is 0 Å². The summed E-state index contributed by atoms with van der Waals surface area (Å²) in [6, 6.07) is 2.89. The fourth-order valence-corrected chi connectivity index (χ4v) is 1.81. The molecule has 0 aromatic heterocycles. The molecule has 0 aliphatic rings. The number of carbonyl (C=O) groups excluding carboxylic acids is 1. The molecule has 3 N–H and O–H groups in total. The standard InChI is InChI=1S/C14H22FN3O/c1-10-8-11(16)9-12(13(10)15)14(19)17-6-4-5-7-18(2)3/h8-9H,4-7,16H2,1-3H3,(H,17,19). The molecule has 0 fully saturated rings. The first kappa shape index (κ1) is 15.4. The molecule has 0 saturated carbocycles. The number of unbranched alkanes of at least 4 members (excludes halogenated alkanes) is 1. The lowest BCUT2D eigenvalue weighted by Gasteiger charge is -2.10. The Morgan fingerprint density at radius 1 is 1.37 bits per heavy atom. The van der Waals surface area contributed by atoms with Crippen molar-refractivity contribution in [2.24, 2.45) is 0 Å². The van der Waals surface area contributed by atoms with Crippen molar-refractivity contribution in [2.75, 3.05) is 32.9 Å². The maximum absolute atomic E-state index is 13.8. The zero-order valence-corrected chi connectivity index (χ0v) is 11.8. The van der Waals surface area contributed by atoms with Crippen LogP contribution in [0, 0.1) is 12.7 Å². The quantitative estimate of drug-likeness (QED) is 0.610. The van der Waals surface area contributed by atoms with Crippen LogP contribution in [0.4, 0.5) is 10.1 Å². The number of carbonyl (C=O) groups is 1. The van der Waals surface area contributed by atoms with E-state index in [1.165, 1.54) is 12.1 Å². The lowest BCUT2D eigenvalue weighted by atomic mass is 10.1. The van der Waals surface area contributed by atoms with E-state index in [1.54, 1.807) is 6.92 Å². The number of halogens is 1. The SMILES string of the molecule is Cc1cc(N)cc(C(=O)NCCCCN(C)C)c1F. The lowest BCUT2D eigenvalue weighted by Crippen LogP contribution is -2.26. The molecule has 106 valence electrons. The second-order valence-electron chi connectivity index (χ2n) is 4.97. The number of anilines is 1. The molecule has 5 heteroatoms. The van der Waals surface area contributed by atoms with Gasteiger partial charge in [-0.05, 0) is 58.1 Å². The highest BCUT2D eigenvalue weighted by Gasteiger charge is 2.14. The summed E-state index contributed by atoms with van der Waals surface area (Å²) in [5.41, 5.74) is 6.43. The largest absolute Gasteiger partial charge is 0.399 e.